The molecule has 2 aromatic rings. The summed E-state index contributed by atoms with van der Waals surface area (Å²) in [5, 5.41) is 2.57. The zero-order chi connectivity index (χ0) is 26.0. The molecule has 2 rings (SSSR count). The number of carbonyl (C=O) groups is 3. The first-order valence-corrected chi connectivity index (χ1v) is 11.7. The fourth-order valence-electron chi connectivity index (χ4n) is 3.66. The average molecular weight is 487 g/mol. The van der Waals surface area contributed by atoms with E-state index in [2.05, 4.69) is 10.3 Å². The van der Waals surface area contributed by atoms with Gasteiger partial charge < -0.3 is 24.3 Å². The zero-order valence-corrected chi connectivity index (χ0v) is 21.1. The smallest absolute Gasteiger partial charge is 0.328 e. The number of nitrogens with one attached hydrogen (secondary N) is 1. The summed E-state index contributed by atoms with van der Waals surface area (Å²) < 4.78 is 22.2. The predicted octanol–water partition coefficient (Wildman–Crippen LogP) is 3.95. The van der Waals surface area contributed by atoms with E-state index < -0.39 is 36.1 Å². The number of benzene rings is 1. The second-order valence-electron chi connectivity index (χ2n) is 8.09. The number of carbonyl (C=O) groups excluding carboxylic acids is 3. The van der Waals surface area contributed by atoms with E-state index in [1.807, 2.05) is 51.1 Å². The van der Waals surface area contributed by atoms with Crippen molar-refractivity contribution in [1.82, 2.24) is 10.3 Å². The Morgan fingerprint density at radius 3 is 2.26 bits per heavy atom. The molecule has 0 aliphatic rings. The molecule has 0 fully saturated rings. The molecule has 9 nitrogen and oxygen atoms in total. The fraction of sp³-hybridized carbons (Fsp3) is 0.462. The summed E-state index contributed by atoms with van der Waals surface area (Å²) in [6, 6.07) is 9.77. The molecule has 190 valence electrons. The Kier molecular flexibility index (Phi) is 10.5. The molecule has 0 unspecified atom stereocenters. The van der Waals surface area contributed by atoms with E-state index in [0.717, 1.165) is 12.8 Å². The van der Waals surface area contributed by atoms with Gasteiger partial charge >= 0.3 is 11.9 Å². The first kappa shape index (κ1) is 27.6. The number of nitrogens with zero attached hydrogens (tertiary/aromatic N) is 1. The van der Waals surface area contributed by atoms with Crippen LogP contribution in [0.3, 0.4) is 0 Å². The Hall–Kier alpha value is -3.62. The van der Waals surface area contributed by atoms with Crippen molar-refractivity contribution in [3.05, 3.63) is 48.3 Å². The van der Waals surface area contributed by atoms with Crippen molar-refractivity contribution in [1.29, 1.82) is 0 Å². The average Bonchev–Trinajstić information content (AvgIpc) is 2.84. The van der Waals surface area contributed by atoms with Crippen LogP contribution in [0, 0.1) is 5.92 Å². The van der Waals surface area contributed by atoms with E-state index in [0.29, 0.717) is 5.75 Å². The number of hydrogen-bond donors (Lipinski definition) is 1. The summed E-state index contributed by atoms with van der Waals surface area (Å²) in [4.78, 5) is 41.4. The van der Waals surface area contributed by atoms with Gasteiger partial charge in [-0.05, 0) is 44.7 Å². The lowest BCUT2D eigenvalue weighted by molar-refractivity contribution is -0.159. The SMILES string of the molecule is CCC(CC)[C@@H](OC(=O)[C@H](C)NC(=O)c1nccc(OC)c1OC(C)=O)[C@H](C)Oc1ccccc1. The van der Waals surface area contributed by atoms with Crippen LogP contribution in [-0.4, -0.2) is 48.2 Å². The first-order valence-electron chi connectivity index (χ1n) is 11.7. The highest BCUT2D eigenvalue weighted by atomic mass is 16.6. The van der Waals surface area contributed by atoms with Gasteiger partial charge in [0.2, 0.25) is 5.75 Å². The molecular formula is C26H34N2O7. The van der Waals surface area contributed by atoms with Crippen LogP contribution in [0.5, 0.6) is 17.2 Å². The highest BCUT2D eigenvalue weighted by Gasteiger charge is 2.32. The van der Waals surface area contributed by atoms with Gasteiger partial charge in [-0.25, -0.2) is 9.78 Å². The molecule has 0 saturated carbocycles. The predicted molar refractivity (Wildman–Crippen MR) is 130 cm³/mol. The molecule has 0 spiro atoms. The van der Waals surface area contributed by atoms with E-state index in [4.69, 9.17) is 18.9 Å². The van der Waals surface area contributed by atoms with Gasteiger partial charge in [0.25, 0.3) is 5.91 Å². The highest BCUT2D eigenvalue weighted by Crippen LogP contribution is 2.30. The third-order valence-electron chi connectivity index (χ3n) is 5.54. The number of aromatic nitrogens is 1. The first-order chi connectivity index (χ1) is 16.7. The van der Waals surface area contributed by atoms with E-state index in [1.165, 1.54) is 33.2 Å². The summed E-state index contributed by atoms with van der Waals surface area (Å²) in [6.45, 7) is 8.63. The van der Waals surface area contributed by atoms with Crippen LogP contribution in [0.1, 0.15) is 57.9 Å². The quantitative estimate of drug-likeness (QED) is 0.449. The summed E-state index contributed by atoms with van der Waals surface area (Å²) in [7, 11) is 1.38. The number of amides is 1. The molecule has 0 aliphatic heterocycles. The Balaban J connectivity index is 2.16. The van der Waals surface area contributed by atoms with E-state index in [1.54, 1.807) is 0 Å². The number of rotatable bonds is 12. The summed E-state index contributed by atoms with van der Waals surface area (Å²) >= 11 is 0. The van der Waals surface area contributed by atoms with E-state index in [9.17, 15) is 14.4 Å². The Labute approximate surface area is 206 Å². The molecular weight excluding hydrogens is 452 g/mol. The number of methoxy groups -OCH3 is 1. The van der Waals surface area contributed by atoms with Crippen molar-refractivity contribution < 1.29 is 33.3 Å². The molecule has 1 amide bonds. The number of hydrogen-bond acceptors (Lipinski definition) is 8. The normalized spacial score (nSPS) is 13.3. The van der Waals surface area contributed by atoms with Crippen molar-refractivity contribution in [3.63, 3.8) is 0 Å². The number of ether oxygens (including phenoxy) is 4. The van der Waals surface area contributed by atoms with Crippen LogP contribution in [0.4, 0.5) is 0 Å². The van der Waals surface area contributed by atoms with Crippen LogP contribution in [0.15, 0.2) is 42.6 Å². The van der Waals surface area contributed by atoms with Crippen molar-refractivity contribution in [2.75, 3.05) is 7.11 Å². The lowest BCUT2D eigenvalue weighted by Crippen LogP contribution is -2.45. The molecule has 1 heterocycles. The van der Waals surface area contributed by atoms with Crippen LogP contribution in [0.2, 0.25) is 0 Å². The van der Waals surface area contributed by atoms with Gasteiger partial charge in [-0.2, -0.15) is 0 Å². The monoisotopic (exact) mass is 486 g/mol. The molecule has 0 saturated heterocycles. The van der Waals surface area contributed by atoms with Gasteiger partial charge in [-0.3, -0.25) is 9.59 Å². The minimum Gasteiger partial charge on any atom is -0.493 e. The topological polar surface area (TPSA) is 113 Å². The van der Waals surface area contributed by atoms with E-state index in [-0.39, 0.29) is 23.1 Å². The maximum atomic E-state index is 13.0. The van der Waals surface area contributed by atoms with Crippen LogP contribution >= 0.6 is 0 Å². The molecule has 1 aromatic heterocycles. The van der Waals surface area contributed by atoms with Crippen LogP contribution < -0.4 is 19.5 Å². The Morgan fingerprint density at radius 1 is 1.03 bits per heavy atom. The van der Waals surface area contributed by atoms with Crippen molar-refractivity contribution >= 4 is 17.8 Å². The molecule has 0 aliphatic carbocycles. The molecule has 0 bridgehead atoms. The molecule has 0 radical (unpaired) electrons. The molecule has 1 N–H and O–H groups in total. The largest absolute Gasteiger partial charge is 0.493 e. The second kappa shape index (κ2) is 13.3. The molecule has 3 atom stereocenters. The van der Waals surface area contributed by atoms with E-state index >= 15 is 0 Å². The van der Waals surface area contributed by atoms with Gasteiger partial charge in [0, 0.05) is 19.2 Å². The lowest BCUT2D eigenvalue weighted by Gasteiger charge is -2.31. The lowest BCUT2D eigenvalue weighted by atomic mass is 9.93. The third kappa shape index (κ3) is 7.70. The zero-order valence-electron chi connectivity index (χ0n) is 21.1. The number of para-hydroxylation sites is 1. The van der Waals surface area contributed by atoms with Crippen LogP contribution in [0.25, 0.3) is 0 Å². The van der Waals surface area contributed by atoms with Gasteiger partial charge in [-0.15, -0.1) is 0 Å². The second-order valence-corrected chi connectivity index (χ2v) is 8.09. The standard InChI is InChI=1S/C26H34N2O7/c1-7-19(8-2)23(17(4)33-20-12-10-9-11-13-20)35-26(31)16(3)28-25(30)22-24(34-18(5)29)21(32-6)14-15-27-22/h9-17,19,23H,7-8H2,1-6H3,(H,28,30)/t16-,17-,23-/m0/s1. The van der Waals surface area contributed by atoms with Gasteiger partial charge in [0.1, 0.15) is 24.0 Å². The number of pyridine rings is 1. The van der Waals surface area contributed by atoms with Crippen molar-refractivity contribution in [2.24, 2.45) is 5.92 Å². The van der Waals surface area contributed by atoms with Gasteiger partial charge in [0.15, 0.2) is 11.4 Å². The third-order valence-corrected chi connectivity index (χ3v) is 5.54. The molecule has 35 heavy (non-hydrogen) atoms. The molecule has 9 heteroatoms. The van der Waals surface area contributed by atoms with Crippen molar-refractivity contribution in [2.45, 2.75) is 65.7 Å². The minimum absolute atomic E-state index is 0.0659. The fourth-order valence-corrected chi connectivity index (χ4v) is 3.66. The summed E-state index contributed by atoms with van der Waals surface area (Å²) in [6.07, 6.45) is 1.98. The Morgan fingerprint density at radius 2 is 1.69 bits per heavy atom. The maximum Gasteiger partial charge on any atom is 0.328 e. The maximum absolute atomic E-state index is 13.0. The molecule has 1 aromatic carbocycles. The van der Waals surface area contributed by atoms with Crippen molar-refractivity contribution in [3.8, 4) is 17.2 Å². The number of esters is 2. The Bertz CT molecular complexity index is 992. The van der Waals surface area contributed by atoms with Gasteiger partial charge in [-0.1, -0.05) is 32.0 Å². The summed E-state index contributed by atoms with van der Waals surface area (Å²) in [5.41, 5.74) is -0.184. The van der Waals surface area contributed by atoms with Gasteiger partial charge in [0.05, 0.1) is 7.11 Å². The summed E-state index contributed by atoms with van der Waals surface area (Å²) in [5.74, 6) is -1.19. The minimum atomic E-state index is -0.999. The van der Waals surface area contributed by atoms with Crippen LogP contribution in [-0.2, 0) is 14.3 Å². The highest BCUT2D eigenvalue weighted by molar-refractivity contribution is 5.98.